The van der Waals surface area contributed by atoms with Gasteiger partial charge >= 0.3 is 0 Å². The molecule has 0 aromatic carbocycles. The minimum Gasteiger partial charge on any atom is -0.302 e. The van der Waals surface area contributed by atoms with Gasteiger partial charge in [0.15, 0.2) is 0 Å². The van der Waals surface area contributed by atoms with E-state index < -0.39 is 10.2 Å². The van der Waals surface area contributed by atoms with E-state index in [0.29, 0.717) is 26.2 Å². The minimum absolute atomic E-state index is 0.603. The van der Waals surface area contributed by atoms with Crippen molar-refractivity contribution in [2.45, 2.75) is 32.1 Å². The van der Waals surface area contributed by atoms with Gasteiger partial charge in [-0.05, 0) is 43.9 Å². The molecule has 0 atom stereocenters. The summed E-state index contributed by atoms with van der Waals surface area (Å²) in [7, 11) is -3.27. The van der Waals surface area contributed by atoms with E-state index in [2.05, 4.69) is 16.0 Å². The van der Waals surface area contributed by atoms with E-state index in [1.54, 1.807) is 14.8 Å². The molecule has 1 aromatic rings. The molecule has 1 aromatic heterocycles. The standard InChI is InChI=1S/C17H28N4O2S/c22-24(23,20-10-2-1-3-11-20)21-12-5-9-19(14-15-21)13-7-17-6-4-8-18-16-17/h4,6,8,16H,1-3,5,7,9-15H2. The van der Waals surface area contributed by atoms with Crippen molar-refractivity contribution in [3.05, 3.63) is 30.1 Å². The van der Waals surface area contributed by atoms with Gasteiger partial charge in [0.2, 0.25) is 0 Å². The van der Waals surface area contributed by atoms with Gasteiger partial charge in [-0.25, -0.2) is 0 Å². The second kappa shape index (κ2) is 8.38. The normalized spacial score (nSPS) is 22.3. The van der Waals surface area contributed by atoms with Crippen LogP contribution < -0.4 is 0 Å². The Kier molecular flexibility index (Phi) is 6.21. The van der Waals surface area contributed by atoms with Crippen molar-refractivity contribution >= 4 is 10.2 Å². The summed E-state index contributed by atoms with van der Waals surface area (Å²) in [6, 6.07) is 4.06. The quantitative estimate of drug-likeness (QED) is 0.803. The summed E-state index contributed by atoms with van der Waals surface area (Å²) in [5.41, 5.74) is 1.24. The molecule has 2 aliphatic heterocycles. The van der Waals surface area contributed by atoms with Gasteiger partial charge in [-0.1, -0.05) is 12.5 Å². The Morgan fingerprint density at radius 1 is 0.917 bits per heavy atom. The lowest BCUT2D eigenvalue weighted by Crippen LogP contribution is -2.47. The number of hydrogen-bond donors (Lipinski definition) is 0. The fourth-order valence-electron chi connectivity index (χ4n) is 3.49. The minimum atomic E-state index is -3.27. The van der Waals surface area contributed by atoms with E-state index in [1.807, 2.05) is 12.3 Å². The van der Waals surface area contributed by atoms with Crippen LogP contribution in [0.5, 0.6) is 0 Å². The van der Waals surface area contributed by atoms with Crippen LogP contribution in [0.2, 0.25) is 0 Å². The molecular weight excluding hydrogens is 324 g/mol. The molecule has 0 bridgehead atoms. The molecular formula is C17H28N4O2S. The predicted octanol–water partition coefficient (Wildman–Crippen LogP) is 1.36. The van der Waals surface area contributed by atoms with Crippen LogP contribution in [0, 0.1) is 0 Å². The highest BCUT2D eigenvalue weighted by Gasteiger charge is 2.31. The fourth-order valence-corrected chi connectivity index (χ4v) is 5.21. The van der Waals surface area contributed by atoms with Crippen LogP contribution in [0.15, 0.2) is 24.5 Å². The van der Waals surface area contributed by atoms with Crippen LogP contribution in [0.4, 0.5) is 0 Å². The lowest BCUT2D eigenvalue weighted by atomic mass is 10.2. The van der Waals surface area contributed by atoms with Crippen molar-refractivity contribution in [3.63, 3.8) is 0 Å². The van der Waals surface area contributed by atoms with Crippen LogP contribution in [0.1, 0.15) is 31.2 Å². The van der Waals surface area contributed by atoms with Crippen LogP contribution in [0.3, 0.4) is 0 Å². The average molecular weight is 353 g/mol. The van der Waals surface area contributed by atoms with Crippen molar-refractivity contribution in [3.8, 4) is 0 Å². The second-order valence-electron chi connectivity index (χ2n) is 6.67. The summed E-state index contributed by atoms with van der Waals surface area (Å²) in [4.78, 5) is 6.53. The maximum atomic E-state index is 12.8. The fraction of sp³-hybridized carbons (Fsp3) is 0.706. The van der Waals surface area contributed by atoms with Gasteiger partial charge in [0, 0.05) is 51.7 Å². The molecule has 134 valence electrons. The van der Waals surface area contributed by atoms with E-state index in [9.17, 15) is 8.42 Å². The first kappa shape index (κ1) is 17.8. The molecule has 2 saturated heterocycles. The Hall–Kier alpha value is -1.02. The van der Waals surface area contributed by atoms with Crippen LogP contribution >= 0.6 is 0 Å². The third-order valence-corrected chi connectivity index (χ3v) is 6.99. The Balaban J connectivity index is 1.52. The Morgan fingerprint density at radius 3 is 2.42 bits per heavy atom. The third-order valence-electron chi connectivity index (χ3n) is 4.95. The highest BCUT2D eigenvalue weighted by Crippen LogP contribution is 2.18. The molecule has 0 aliphatic carbocycles. The Bertz CT molecular complexity index is 602. The number of pyridine rings is 1. The van der Waals surface area contributed by atoms with Gasteiger partial charge in [-0.2, -0.15) is 17.0 Å². The molecule has 0 radical (unpaired) electrons. The monoisotopic (exact) mass is 352 g/mol. The summed E-state index contributed by atoms with van der Waals surface area (Å²) in [6.07, 6.45) is 8.69. The van der Waals surface area contributed by atoms with Gasteiger partial charge in [0.25, 0.3) is 10.2 Å². The first-order chi connectivity index (χ1) is 11.7. The van der Waals surface area contributed by atoms with Crippen molar-refractivity contribution in [2.75, 3.05) is 45.8 Å². The van der Waals surface area contributed by atoms with E-state index in [-0.39, 0.29) is 0 Å². The van der Waals surface area contributed by atoms with E-state index >= 15 is 0 Å². The maximum Gasteiger partial charge on any atom is 0.282 e. The summed E-state index contributed by atoms with van der Waals surface area (Å²) in [5, 5.41) is 0. The number of rotatable bonds is 5. The number of nitrogens with zero attached hydrogens (tertiary/aromatic N) is 4. The zero-order valence-electron chi connectivity index (χ0n) is 14.3. The Labute approximate surface area is 145 Å². The molecule has 7 heteroatoms. The SMILES string of the molecule is O=S(=O)(N1CCCCC1)N1CCCN(CCc2cccnc2)CC1. The van der Waals surface area contributed by atoms with Crippen molar-refractivity contribution in [1.29, 1.82) is 0 Å². The molecule has 2 aliphatic rings. The smallest absolute Gasteiger partial charge is 0.282 e. The van der Waals surface area contributed by atoms with Gasteiger partial charge in [0.05, 0.1) is 0 Å². The van der Waals surface area contributed by atoms with Crippen LogP contribution in [0.25, 0.3) is 0 Å². The summed E-state index contributed by atoms with van der Waals surface area (Å²) in [6.45, 7) is 5.35. The number of aromatic nitrogens is 1. The lowest BCUT2D eigenvalue weighted by molar-refractivity contribution is 0.281. The van der Waals surface area contributed by atoms with Crippen molar-refractivity contribution in [1.82, 2.24) is 18.5 Å². The highest BCUT2D eigenvalue weighted by atomic mass is 32.2. The maximum absolute atomic E-state index is 12.8. The topological polar surface area (TPSA) is 56.8 Å². The molecule has 0 spiro atoms. The molecule has 0 unspecified atom stereocenters. The van der Waals surface area contributed by atoms with Gasteiger partial charge < -0.3 is 4.90 Å². The van der Waals surface area contributed by atoms with Gasteiger partial charge in [-0.15, -0.1) is 0 Å². The molecule has 0 saturated carbocycles. The molecule has 0 amide bonds. The first-order valence-corrected chi connectivity index (χ1v) is 10.4. The van der Waals surface area contributed by atoms with E-state index in [4.69, 9.17) is 0 Å². The number of piperidine rings is 1. The molecule has 3 rings (SSSR count). The third kappa shape index (κ3) is 4.53. The molecule has 0 N–H and O–H groups in total. The lowest BCUT2D eigenvalue weighted by Gasteiger charge is -2.31. The van der Waals surface area contributed by atoms with Crippen molar-refractivity contribution in [2.24, 2.45) is 0 Å². The zero-order chi connectivity index (χ0) is 16.8. The number of hydrogen-bond acceptors (Lipinski definition) is 4. The summed E-state index contributed by atoms with van der Waals surface area (Å²) >= 11 is 0. The van der Waals surface area contributed by atoms with Crippen LogP contribution in [-0.4, -0.2) is 72.7 Å². The Morgan fingerprint density at radius 2 is 1.67 bits per heavy atom. The predicted molar refractivity (Wildman–Crippen MR) is 94.9 cm³/mol. The highest BCUT2D eigenvalue weighted by molar-refractivity contribution is 7.86. The molecule has 6 nitrogen and oxygen atoms in total. The zero-order valence-corrected chi connectivity index (χ0v) is 15.1. The van der Waals surface area contributed by atoms with E-state index in [0.717, 1.165) is 51.7 Å². The molecule has 24 heavy (non-hydrogen) atoms. The average Bonchev–Trinajstić information content (AvgIpc) is 2.88. The molecule has 3 heterocycles. The van der Waals surface area contributed by atoms with Gasteiger partial charge in [0.1, 0.15) is 0 Å². The van der Waals surface area contributed by atoms with Gasteiger partial charge in [-0.3, -0.25) is 4.98 Å². The second-order valence-corrected chi connectivity index (χ2v) is 8.60. The summed E-state index contributed by atoms with van der Waals surface area (Å²) < 4.78 is 29.0. The van der Waals surface area contributed by atoms with E-state index in [1.165, 1.54) is 5.56 Å². The van der Waals surface area contributed by atoms with Crippen molar-refractivity contribution < 1.29 is 8.42 Å². The molecule has 2 fully saturated rings. The largest absolute Gasteiger partial charge is 0.302 e. The van der Waals surface area contributed by atoms with Crippen LogP contribution in [-0.2, 0) is 16.6 Å². The summed E-state index contributed by atoms with van der Waals surface area (Å²) in [5.74, 6) is 0. The first-order valence-electron chi connectivity index (χ1n) is 9.03.